The van der Waals surface area contributed by atoms with E-state index in [9.17, 15) is 4.79 Å². The molecule has 4 heteroatoms. The molecule has 0 aromatic rings. The minimum absolute atomic E-state index is 0.160. The van der Waals surface area contributed by atoms with Crippen molar-refractivity contribution in [1.29, 1.82) is 0 Å². The van der Waals surface area contributed by atoms with E-state index in [0.29, 0.717) is 4.83 Å². The Hall–Kier alpha value is -0.0900. The maximum absolute atomic E-state index is 11.8. The Morgan fingerprint density at radius 3 is 2.50 bits per heavy atom. The summed E-state index contributed by atoms with van der Waals surface area (Å²) >= 11 is 3.49. The predicted molar refractivity (Wildman–Crippen MR) is 59.6 cm³/mol. The molecule has 1 fully saturated rings. The van der Waals surface area contributed by atoms with E-state index >= 15 is 0 Å². The van der Waals surface area contributed by atoms with Crippen molar-refractivity contribution < 1.29 is 9.53 Å². The lowest BCUT2D eigenvalue weighted by molar-refractivity contribution is -0.161. The molecule has 0 spiro atoms. The lowest BCUT2D eigenvalue weighted by atomic mass is 10.0. The van der Waals surface area contributed by atoms with E-state index in [0.717, 1.165) is 13.0 Å². The molecule has 1 aliphatic rings. The first-order chi connectivity index (χ1) is 6.23. The maximum Gasteiger partial charge on any atom is 0.326 e. The standard InChI is InChI=1S/C10H18BrNO2/c1-9(2,3)14-8(13)10(4)5-7(11)6-12-10/h7,12H,5-6H2,1-4H3/t7-,10+/m0/s1. The van der Waals surface area contributed by atoms with E-state index < -0.39 is 11.1 Å². The van der Waals surface area contributed by atoms with Crippen LogP contribution in [0.1, 0.15) is 34.1 Å². The van der Waals surface area contributed by atoms with Crippen molar-refractivity contribution in [3.63, 3.8) is 0 Å². The van der Waals surface area contributed by atoms with E-state index in [4.69, 9.17) is 4.74 Å². The van der Waals surface area contributed by atoms with Crippen molar-refractivity contribution in [3.05, 3.63) is 0 Å². The van der Waals surface area contributed by atoms with Gasteiger partial charge in [-0.1, -0.05) is 15.9 Å². The predicted octanol–water partition coefficient (Wildman–Crippen LogP) is 1.84. The zero-order chi connectivity index (χ0) is 11.0. The van der Waals surface area contributed by atoms with Crippen molar-refractivity contribution >= 4 is 21.9 Å². The topological polar surface area (TPSA) is 38.3 Å². The Bertz CT molecular complexity index is 237. The van der Waals surface area contributed by atoms with E-state index in [2.05, 4.69) is 21.2 Å². The second-order valence-electron chi connectivity index (χ2n) is 5.02. The summed E-state index contributed by atoms with van der Waals surface area (Å²) in [6.45, 7) is 8.36. The number of carbonyl (C=O) groups is 1. The molecule has 0 amide bonds. The molecule has 1 aliphatic heterocycles. The van der Waals surface area contributed by atoms with Crippen LogP contribution in [0.25, 0.3) is 0 Å². The number of nitrogens with one attached hydrogen (secondary N) is 1. The minimum Gasteiger partial charge on any atom is -0.459 e. The quantitative estimate of drug-likeness (QED) is 0.580. The highest BCUT2D eigenvalue weighted by molar-refractivity contribution is 9.09. The van der Waals surface area contributed by atoms with Crippen molar-refractivity contribution in [1.82, 2.24) is 5.32 Å². The van der Waals surface area contributed by atoms with Gasteiger partial charge in [0.1, 0.15) is 11.1 Å². The first kappa shape index (κ1) is 12.0. The van der Waals surface area contributed by atoms with Crippen molar-refractivity contribution in [2.24, 2.45) is 0 Å². The fourth-order valence-electron chi connectivity index (χ4n) is 1.47. The third-order valence-corrected chi connectivity index (χ3v) is 2.84. The summed E-state index contributed by atoms with van der Waals surface area (Å²) in [6, 6.07) is 0. The summed E-state index contributed by atoms with van der Waals surface area (Å²) in [5.41, 5.74) is -0.937. The van der Waals surface area contributed by atoms with Gasteiger partial charge in [-0.15, -0.1) is 0 Å². The number of alkyl halides is 1. The average molecular weight is 264 g/mol. The summed E-state index contributed by atoms with van der Waals surface area (Å²) in [5, 5.41) is 3.18. The largest absolute Gasteiger partial charge is 0.459 e. The Labute approximate surface area is 93.7 Å². The van der Waals surface area contributed by atoms with Crippen LogP contribution in [0.3, 0.4) is 0 Å². The van der Waals surface area contributed by atoms with Crippen LogP contribution in [0.4, 0.5) is 0 Å². The molecule has 0 aromatic carbocycles. The summed E-state index contributed by atoms with van der Waals surface area (Å²) in [6.07, 6.45) is 0.780. The van der Waals surface area contributed by atoms with Crippen molar-refractivity contribution in [2.75, 3.05) is 6.54 Å². The molecule has 0 bridgehead atoms. The lowest BCUT2D eigenvalue weighted by Crippen LogP contribution is -2.48. The molecular weight excluding hydrogens is 246 g/mol. The second kappa shape index (κ2) is 3.81. The molecule has 1 rings (SSSR count). The number of ether oxygens (including phenoxy) is 1. The molecule has 0 aromatic heterocycles. The van der Waals surface area contributed by atoms with Crippen LogP contribution >= 0.6 is 15.9 Å². The van der Waals surface area contributed by atoms with Gasteiger partial charge in [-0.25, -0.2) is 0 Å². The van der Waals surface area contributed by atoms with Gasteiger partial charge >= 0.3 is 5.97 Å². The van der Waals surface area contributed by atoms with Crippen LogP contribution in [0, 0.1) is 0 Å². The fraction of sp³-hybridized carbons (Fsp3) is 0.900. The number of rotatable bonds is 1. The highest BCUT2D eigenvalue weighted by Crippen LogP contribution is 2.26. The molecule has 14 heavy (non-hydrogen) atoms. The van der Waals surface area contributed by atoms with Gasteiger partial charge in [-0.2, -0.15) is 0 Å². The SMILES string of the molecule is CC(C)(C)OC(=O)[C@@]1(C)C[C@H](Br)CN1. The average Bonchev–Trinajstić information content (AvgIpc) is 2.29. The summed E-state index contributed by atoms with van der Waals surface area (Å²) in [5.74, 6) is -0.160. The fourth-order valence-corrected chi connectivity index (χ4v) is 2.28. The van der Waals surface area contributed by atoms with Gasteiger partial charge < -0.3 is 10.1 Å². The van der Waals surface area contributed by atoms with Crippen LogP contribution in [0.2, 0.25) is 0 Å². The minimum atomic E-state index is -0.526. The van der Waals surface area contributed by atoms with Gasteiger partial charge in [0.2, 0.25) is 0 Å². The van der Waals surface area contributed by atoms with Gasteiger partial charge in [0, 0.05) is 11.4 Å². The Kier molecular flexibility index (Phi) is 3.26. The van der Waals surface area contributed by atoms with Crippen LogP contribution in [-0.2, 0) is 9.53 Å². The molecule has 82 valence electrons. The second-order valence-corrected chi connectivity index (χ2v) is 6.31. The number of hydrogen-bond donors (Lipinski definition) is 1. The molecule has 0 saturated carbocycles. The third-order valence-electron chi connectivity index (χ3n) is 2.19. The molecular formula is C10H18BrNO2. The van der Waals surface area contributed by atoms with E-state index in [-0.39, 0.29) is 5.97 Å². The molecule has 1 heterocycles. The van der Waals surface area contributed by atoms with Crippen molar-refractivity contribution in [3.8, 4) is 0 Å². The molecule has 1 saturated heterocycles. The summed E-state index contributed by atoms with van der Waals surface area (Å²) < 4.78 is 5.35. The molecule has 3 nitrogen and oxygen atoms in total. The smallest absolute Gasteiger partial charge is 0.326 e. The van der Waals surface area contributed by atoms with Gasteiger partial charge in [0.25, 0.3) is 0 Å². The van der Waals surface area contributed by atoms with Gasteiger partial charge in [-0.05, 0) is 34.1 Å². The highest BCUT2D eigenvalue weighted by Gasteiger charge is 2.42. The number of hydrogen-bond acceptors (Lipinski definition) is 3. The normalized spacial score (nSPS) is 33.1. The third kappa shape index (κ3) is 2.95. The first-order valence-corrected chi connectivity index (χ1v) is 5.77. The zero-order valence-corrected chi connectivity index (χ0v) is 10.8. The van der Waals surface area contributed by atoms with E-state index in [1.54, 1.807) is 0 Å². The first-order valence-electron chi connectivity index (χ1n) is 4.85. The lowest BCUT2D eigenvalue weighted by Gasteiger charge is -2.28. The van der Waals surface area contributed by atoms with Gasteiger partial charge in [0.15, 0.2) is 0 Å². The van der Waals surface area contributed by atoms with E-state index in [1.165, 1.54) is 0 Å². The Morgan fingerprint density at radius 2 is 2.14 bits per heavy atom. The maximum atomic E-state index is 11.8. The van der Waals surface area contributed by atoms with Gasteiger partial charge in [-0.3, -0.25) is 4.79 Å². The van der Waals surface area contributed by atoms with Crippen LogP contribution in [0.15, 0.2) is 0 Å². The van der Waals surface area contributed by atoms with Crippen LogP contribution in [0.5, 0.6) is 0 Å². The molecule has 0 radical (unpaired) electrons. The van der Waals surface area contributed by atoms with Gasteiger partial charge in [0.05, 0.1) is 0 Å². The summed E-state index contributed by atoms with van der Waals surface area (Å²) in [4.78, 5) is 12.2. The van der Waals surface area contributed by atoms with Crippen molar-refractivity contribution in [2.45, 2.75) is 50.1 Å². The molecule has 0 aliphatic carbocycles. The zero-order valence-electron chi connectivity index (χ0n) is 9.19. The van der Waals surface area contributed by atoms with E-state index in [1.807, 2.05) is 27.7 Å². The van der Waals surface area contributed by atoms with Crippen LogP contribution in [-0.4, -0.2) is 28.5 Å². The number of halogens is 1. The Morgan fingerprint density at radius 1 is 1.57 bits per heavy atom. The molecule has 2 atom stereocenters. The number of carbonyl (C=O) groups excluding carboxylic acids is 1. The summed E-state index contributed by atoms with van der Waals surface area (Å²) in [7, 11) is 0. The monoisotopic (exact) mass is 263 g/mol. The number of esters is 1. The highest BCUT2D eigenvalue weighted by atomic mass is 79.9. The Balaban J connectivity index is 2.61. The molecule has 1 N–H and O–H groups in total. The van der Waals surface area contributed by atoms with Crippen LogP contribution < -0.4 is 5.32 Å². The molecule has 0 unspecified atom stereocenters.